The minimum absolute atomic E-state index is 0.0616. The maximum Gasteiger partial charge on any atom is 0.152 e. The fraction of sp³-hybridized carbons (Fsp3) is 0.625. The van der Waals surface area contributed by atoms with Crippen LogP contribution in [0.25, 0.3) is 0 Å². The van der Waals surface area contributed by atoms with E-state index in [1.807, 2.05) is 11.8 Å². The zero-order chi connectivity index (χ0) is 15.0. The number of benzene rings is 1. The highest BCUT2D eigenvalue weighted by molar-refractivity contribution is 5.51. The Morgan fingerprint density at radius 2 is 1.81 bits per heavy atom. The van der Waals surface area contributed by atoms with Crippen LogP contribution in [0.15, 0.2) is 12.1 Å². The van der Waals surface area contributed by atoms with Crippen molar-refractivity contribution in [2.45, 2.75) is 44.7 Å². The van der Waals surface area contributed by atoms with Crippen LogP contribution in [-0.4, -0.2) is 36.6 Å². The Bertz CT molecular complexity index is 497. The maximum atomic E-state index is 14.1. The molecule has 5 heteroatoms. The lowest BCUT2D eigenvalue weighted by Crippen LogP contribution is -2.60. The highest BCUT2D eigenvalue weighted by Gasteiger charge is 2.36. The maximum absolute atomic E-state index is 14.1. The van der Waals surface area contributed by atoms with Gasteiger partial charge in [0.2, 0.25) is 0 Å². The number of halogens is 3. The Kier molecular flexibility index (Phi) is 4.11. The molecular formula is C16H21F3N2. The molecular weight excluding hydrogens is 277 g/mol. The van der Waals surface area contributed by atoms with E-state index in [1.165, 1.54) is 12.8 Å². The quantitative estimate of drug-likeness (QED) is 0.824. The fourth-order valence-electron chi connectivity index (χ4n) is 3.68. The van der Waals surface area contributed by atoms with Crippen LogP contribution in [0, 0.1) is 17.5 Å². The SMILES string of the molecule is CCC1CN2CCCCC2CN1c1c(F)cc(F)cc1F. The van der Waals surface area contributed by atoms with Crippen molar-refractivity contribution < 1.29 is 13.2 Å². The van der Waals surface area contributed by atoms with Crippen molar-refractivity contribution in [1.29, 1.82) is 0 Å². The highest BCUT2D eigenvalue weighted by Crippen LogP contribution is 2.33. The molecule has 2 atom stereocenters. The Hall–Kier alpha value is -1.23. The average Bonchev–Trinajstić information content (AvgIpc) is 2.45. The minimum atomic E-state index is -0.863. The third-order valence-electron chi connectivity index (χ3n) is 4.78. The molecule has 2 saturated heterocycles. The Balaban J connectivity index is 1.92. The molecule has 2 fully saturated rings. The molecule has 0 saturated carbocycles. The van der Waals surface area contributed by atoms with Crippen molar-refractivity contribution >= 4 is 5.69 Å². The molecule has 0 amide bonds. The summed E-state index contributed by atoms with van der Waals surface area (Å²) in [5.74, 6) is -2.46. The van der Waals surface area contributed by atoms with Gasteiger partial charge in [0.05, 0.1) is 0 Å². The number of rotatable bonds is 2. The molecule has 2 unspecified atom stereocenters. The summed E-state index contributed by atoms with van der Waals surface area (Å²) in [7, 11) is 0. The number of hydrogen-bond donors (Lipinski definition) is 0. The number of anilines is 1. The normalized spacial score (nSPS) is 26.8. The first-order valence-electron chi connectivity index (χ1n) is 7.75. The summed E-state index contributed by atoms with van der Waals surface area (Å²) in [6.45, 7) is 4.56. The zero-order valence-corrected chi connectivity index (χ0v) is 12.3. The first-order valence-corrected chi connectivity index (χ1v) is 7.75. The number of piperazine rings is 1. The number of nitrogens with zero attached hydrogens (tertiary/aromatic N) is 2. The Labute approximate surface area is 123 Å². The van der Waals surface area contributed by atoms with Gasteiger partial charge in [-0.3, -0.25) is 4.90 Å². The summed E-state index contributed by atoms with van der Waals surface area (Å²) in [5.41, 5.74) is -0.0616. The van der Waals surface area contributed by atoms with Gasteiger partial charge in [0.25, 0.3) is 0 Å². The molecule has 3 rings (SSSR count). The summed E-state index contributed by atoms with van der Waals surface area (Å²) < 4.78 is 41.3. The predicted octanol–water partition coefficient (Wildman–Crippen LogP) is 3.56. The van der Waals surface area contributed by atoms with Gasteiger partial charge in [-0.2, -0.15) is 0 Å². The second kappa shape index (κ2) is 5.87. The van der Waals surface area contributed by atoms with Gasteiger partial charge in [-0.05, 0) is 25.8 Å². The van der Waals surface area contributed by atoms with E-state index >= 15 is 0 Å². The molecule has 2 aliphatic heterocycles. The molecule has 0 N–H and O–H groups in total. The Morgan fingerprint density at radius 3 is 2.48 bits per heavy atom. The first-order chi connectivity index (χ1) is 10.1. The van der Waals surface area contributed by atoms with E-state index in [2.05, 4.69) is 4.90 Å². The van der Waals surface area contributed by atoms with Crippen molar-refractivity contribution in [3.05, 3.63) is 29.6 Å². The van der Waals surface area contributed by atoms with Crippen LogP contribution in [0.2, 0.25) is 0 Å². The van der Waals surface area contributed by atoms with E-state index < -0.39 is 17.5 Å². The van der Waals surface area contributed by atoms with Crippen molar-refractivity contribution in [3.8, 4) is 0 Å². The molecule has 0 aromatic heterocycles. The van der Waals surface area contributed by atoms with E-state index in [-0.39, 0.29) is 11.7 Å². The summed E-state index contributed by atoms with van der Waals surface area (Å²) in [6, 6.07) is 1.98. The Morgan fingerprint density at radius 1 is 1.10 bits per heavy atom. The van der Waals surface area contributed by atoms with Gasteiger partial charge < -0.3 is 4.90 Å². The molecule has 0 spiro atoms. The highest BCUT2D eigenvalue weighted by atomic mass is 19.1. The molecule has 1 aromatic rings. The van der Waals surface area contributed by atoms with Crippen LogP contribution in [0.1, 0.15) is 32.6 Å². The third-order valence-corrected chi connectivity index (χ3v) is 4.78. The minimum Gasteiger partial charge on any atom is -0.361 e. The van der Waals surface area contributed by atoms with Crippen LogP contribution < -0.4 is 4.90 Å². The van der Waals surface area contributed by atoms with Crippen molar-refractivity contribution in [3.63, 3.8) is 0 Å². The van der Waals surface area contributed by atoms with Gasteiger partial charge in [-0.1, -0.05) is 13.3 Å². The van der Waals surface area contributed by atoms with E-state index in [0.29, 0.717) is 12.6 Å². The molecule has 0 bridgehead atoms. The van der Waals surface area contributed by atoms with Gasteiger partial charge in [0.15, 0.2) is 11.6 Å². The van der Waals surface area contributed by atoms with Crippen molar-refractivity contribution in [2.24, 2.45) is 0 Å². The molecule has 1 aromatic carbocycles. The van der Waals surface area contributed by atoms with Crippen LogP contribution in [0.3, 0.4) is 0 Å². The second-order valence-corrected chi connectivity index (χ2v) is 6.08. The topological polar surface area (TPSA) is 6.48 Å². The lowest BCUT2D eigenvalue weighted by atomic mass is 9.95. The summed E-state index contributed by atoms with van der Waals surface area (Å²) in [5, 5.41) is 0. The van der Waals surface area contributed by atoms with Crippen molar-refractivity contribution in [1.82, 2.24) is 4.90 Å². The van der Waals surface area contributed by atoms with Crippen LogP contribution in [-0.2, 0) is 0 Å². The van der Waals surface area contributed by atoms with Crippen LogP contribution in [0.4, 0.5) is 18.9 Å². The largest absolute Gasteiger partial charge is 0.361 e. The van der Waals surface area contributed by atoms with E-state index in [0.717, 1.165) is 38.1 Å². The second-order valence-electron chi connectivity index (χ2n) is 6.08. The fourth-order valence-corrected chi connectivity index (χ4v) is 3.68. The summed E-state index contributed by atoms with van der Waals surface area (Å²) in [4.78, 5) is 4.25. The first kappa shape index (κ1) is 14.7. The molecule has 2 aliphatic rings. The summed E-state index contributed by atoms with van der Waals surface area (Å²) in [6.07, 6.45) is 4.25. The molecule has 116 valence electrons. The molecule has 0 aliphatic carbocycles. The van der Waals surface area contributed by atoms with Gasteiger partial charge in [-0.25, -0.2) is 13.2 Å². The van der Waals surface area contributed by atoms with E-state index in [1.54, 1.807) is 0 Å². The standard InChI is InChI=1S/C16H21F3N2/c1-2-12-9-20-6-4-3-5-13(20)10-21(12)16-14(18)7-11(17)8-15(16)19/h7-8,12-13H,2-6,9-10H2,1H3. The predicted molar refractivity (Wildman–Crippen MR) is 77.0 cm³/mol. The van der Waals surface area contributed by atoms with Crippen LogP contribution >= 0.6 is 0 Å². The lowest BCUT2D eigenvalue weighted by molar-refractivity contribution is 0.110. The molecule has 2 nitrogen and oxygen atoms in total. The number of fused-ring (bicyclic) bond motifs is 1. The number of hydrogen-bond acceptors (Lipinski definition) is 2. The van der Waals surface area contributed by atoms with Crippen LogP contribution in [0.5, 0.6) is 0 Å². The van der Waals surface area contributed by atoms with Gasteiger partial charge in [0, 0.05) is 37.3 Å². The molecule has 0 radical (unpaired) electrons. The lowest BCUT2D eigenvalue weighted by Gasteiger charge is -2.49. The third kappa shape index (κ3) is 2.76. The van der Waals surface area contributed by atoms with Gasteiger partial charge >= 0.3 is 0 Å². The van der Waals surface area contributed by atoms with Crippen molar-refractivity contribution in [2.75, 3.05) is 24.5 Å². The molecule has 21 heavy (non-hydrogen) atoms. The smallest absolute Gasteiger partial charge is 0.152 e. The molecule has 2 heterocycles. The van der Waals surface area contributed by atoms with E-state index in [4.69, 9.17) is 0 Å². The van der Waals surface area contributed by atoms with Gasteiger partial charge in [0.1, 0.15) is 11.5 Å². The number of piperidine rings is 1. The summed E-state index contributed by atoms with van der Waals surface area (Å²) >= 11 is 0. The zero-order valence-electron chi connectivity index (χ0n) is 12.3. The monoisotopic (exact) mass is 298 g/mol. The average molecular weight is 298 g/mol. The van der Waals surface area contributed by atoms with Gasteiger partial charge in [-0.15, -0.1) is 0 Å². The van der Waals surface area contributed by atoms with E-state index in [9.17, 15) is 13.2 Å².